The van der Waals surface area contributed by atoms with Crippen molar-refractivity contribution in [2.24, 2.45) is 5.92 Å². The van der Waals surface area contributed by atoms with Crippen LogP contribution in [0.2, 0.25) is 0 Å². The van der Waals surface area contributed by atoms with Crippen LogP contribution in [0.5, 0.6) is 0 Å². The van der Waals surface area contributed by atoms with Gasteiger partial charge in [0.2, 0.25) is 5.91 Å². The van der Waals surface area contributed by atoms with Gasteiger partial charge in [0, 0.05) is 24.4 Å². The maximum atomic E-state index is 12.5. The summed E-state index contributed by atoms with van der Waals surface area (Å²) in [6, 6.07) is 6.97. The Balaban J connectivity index is 2.33. The molecule has 0 radical (unpaired) electrons. The molecule has 7 heteroatoms. The highest BCUT2D eigenvalue weighted by Gasteiger charge is 2.33. The minimum atomic E-state index is -0.396. The Morgan fingerprint density at radius 3 is 2.46 bits per heavy atom. The molecule has 0 aliphatic carbocycles. The van der Waals surface area contributed by atoms with Gasteiger partial charge in [-0.2, -0.15) is 0 Å². The molecule has 1 heterocycles. The summed E-state index contributed by atoms with van der Waals surface area (Å²) in [6.45, 7) is 7.61. The first-order valence-corrected chi connectivity index (χ1v) is 9.00. The van der Waals surface area contributed by atoms with Gasteiger partial charge in [-0.25, -0.2) is 4.79 Å². The van der Waals surface area contributed by atoms with Gasteiger partial charge in [-0.1, -0.05) is 26.0 Å². The SMILES string of the molecule is CCOC(=O)C1=C(C)N(C)C(=S)N[C@H]1c1ccc(NC(=O)C(C)C)cc1. The number of carbonyl (C=O) groups is 2. The van der Waals surface area contributed by atoms with E-state index in [-0.39, 0.29) is 17.8 Å². The van der Waals surface area contributed by atoms with Crippen molar-refractivity contribution in [3.05, 3.63) is 41.1 Å². The summed E-state index contributed by atoms with van der Waals surface area (Å²) in [5.41, 5.74) is 2.86. The summed E-state index contributed by atoms with van der Waals surface area (Å²) in [5, 5.41) is 6.58. The molecule has 1 aliphatic heterocycles. The minimum absolute atomic E-state index is 0.0423. The number of allylic oxidation sites excluding steroid dienone is 1. The molecule has 0 bridgehead atoms. The summed E-state index contributed by atoms with van der Waals surface area (Å²) in [6.07, 6.45) is 0. The standard InChI is InChI=1S/C19H25N3O3S/c1-6-25-18(24)15-12(4)22(5)19(26)21-16(15)13-7-9-14(10-8-13)20-17(23)11(2)3/h7-11,16H,6H2,1-5H3,(H,20,23)(H,21,26)/t16-/m0/s1. The lowest BCUT2D eigenvalue weighted by atomic mass is 9.95. The van der Waals surface area contributed by atoms with E-state index in [1.54, 1.807) is 11.8 Å². The quantitative estimate of drug-likeness (QED) is 0.609. The molecule has 2 N–H and O–H groups in total. The van der Waals surface area contributed by atoms with Crippen molar-refractivity contribution in [1.82, 2.24) is 10.2 Å². The Morgan fingerprint density at radius 1 is 1.31 bits per heavy atom. The molecule has 1 amide bonds. The number of esters is 1. The van der Waals surface area contributed by atoms with Gasteiger partial charge in [-0.15, -0.1) is 0 Å². The number of nitrogens with zero attached hydrogens (tertiary/aromatic N) is 1. The summed E-state index contributed by atoms with van der Waals surface area (Å²) < 4.78 is 5.23. The topological polar surface area (TPSA) is 70.7 Å². The molecular formula is C19H25N3O3S. The summed E-state index contributed by atoms with van der Waals surface area (Å²) in [4.78, 5) is 26.1. The van der Waals surface area contributed by atoms with E-state index in [2.05, 4.69) is 10.6 Å². The van der Waals surface area contributed by atoms with E-state index in [0.717, 1.165) is 11.3 Å². The third-order valence-corrected chi connectivity index (χ3v) is 4.68. The van der Waals surface area contributed by atoms with Crippen LogP contribution in [-0.4, -0.2) is 35.5 Å². The zero-order chi connectivity index (χ0) is 19.4. The van der Waals surface area contributed by atoms with Crippen molar-refractivity contribution in [1.29, 1.82) is 0 Å². The Hall–Kier alpha value is -2.41. The van der Waals surface area contributed by atoms with Crippen LogP contribution < -0.4 is 10.6 Å². The minimum Gasteiger partial charge on any atom is -0.463 e. The van der Waals surface area contributed by atoms with Crippen LogP contribution in [0.3, 0.4) is 0 Å². The molecule has 0 saturated heterocycles. The number of ether oxygens (including phenoxy) is 1. The van der Waals surface area contributed by atoms with Gasteiger partial charge >= 0.3 is 5.97 Å². The number of anilines is 1. The zero-order valence-electron chi connectivity index (χ0n) is 15.8. The van der Waals surface area contributed by atoms with Gasteiger partial charge in [0.1, 0.15) is 0 Å². The van der Waals surface area contributed by atoms with Gasteiger partial charge in [-0.3, -0.25) is 4.79 Å². The van der Waals surface area contributed by atoms with Crippen LogP contribution in [0.15, 0.2) is 35.5 Å². The first-order valence-electron chi connectivity index (χ1n) is 8.59. The molecule has 1 aliphatic rings. The van der Waals surface area contributed by atoms with E-state index in [0.29, 0.717) is 23.0 Å². The second kappa shape index (κ2) is 8.31. The maximum absolute atomic E-state index is 12.5. The third kappa shape index (κ3) is 4.22. The lowest BCUT2D eigenvalue weighted by Gasteiger charge is -2.35. The number of carbonyl (C=O) groups excluding carboxylic acids is 2. The Bertz CT molecular complexity index is 741. The molecule has 1 aromatic rings. The van der Waals surface area contributed by atoms with Crippen LogP contribution in [-0.2, 0) is 14.3 Å². The molecule has 140 valence electrons. The summed E-state index contributed by atoms with van der Waals surface area (Å²) in [7, 11) is 1.81. The highest BCUT2D eigenvalue weighted by atomic mass is 32.1. The van der Waals surface area contributed by atoms with Crippen molar-refractivity contribution >= 4 is 34.9 Å². The molecule has 0 fully saturated rings. The average Bonchev–Trinajstić information content (AvgIpc) is 2.60. The monoisotopic (exact) mass is 375 g/mol. The van der Waals surface area contributed by atoms with Crippen molar-refractivity contribution in [3.8, 4) is 0 Å². The molecule has 26 heavy (non-hydrogen) atoms. The van der Waals surface area contributed by atoms with Gasteiger partial charge < -0.3 is 20.3 Å². The number of nitrogens with one attached hydrogen (secondary N) is 2. The van der Waals surface area contributed by atoms with Crippen LogP contribution in [0.1, 0.15) is 39.3 Å². The van der Waals surface area contributed by atoms with Crippen molar-refractivity contribution in [2.45, 2.75) is 33.7 Å². The average molecular weight is 375 g/mol. The van der Waals surface area contributed by atoms with Crippen LogP contribution in [0.4, 0.5) is 5.69 Å². The lowest BCUT2D eigenvalue weighted by molar-refractivity contribution is -0.139. The predicted molar refractivity (Wildman–Crippen MR) is 105 cm³/mol. The highest BCUT2D eigenvalue weighted by molar-refractivity contribution is 7.80. The normalized spacial score (nSPS) is 17.2. The molecule has 0 aromatic heterocycles. The first-order chi connectivity index (χ1) is 12.3. The molecule has 2 rings (SSSR count). The van der Waals surface area contributed by atoms with Gasteiger partial charge in [0.15, 0.2) is 5.11 Å². The van der Waals surface area contributed by atoms with E-state index in [1.165, 1.54) is 0 Å². The van der Waals surface area contributed by atoms with Gasteiger partial charge in [0.25, 0.3) is 0 Å². The predicted octanol–water partition coefficient (Wildman–Crippen LogP) is 2.98. The zero-order valence-corrected chi connectivity index (χ0v) is 16.6. The van der Waals surface area contributed by atoms with Gasteiger partial charge in [-0.05, 0) is 43.8 Å². The number of hydrogen-bond donors (Lipinski definition) is 2. The molecule has 0 spiro atoms. The fourth-order valence-corrected chi connectivity index (χ4v) is 2.86. The second-order valence-corrected chi connectivity index (χ2v) is 6.81. The largest absolute Gasteiger partial charge is 0.463 e. The third-order valence-electron chi connectivity index (χ3n) is 4.29. The van der Waals surface area contributed by atoms with E-state index in [1.807, 2.05) is 52.1 Å². The van der Waals surface area contributed by atoms with Crippen molar-refractivity contribution in [3.63, 3.8) is 0 Å². The molecule has 6 nitrogen and oxygen atoms in total. The number of hydrogen-bond acceptors (Lipinski definition) is 4. The van der Waals surface area contributed by atoms with Crippen molar-refractivity contribution < 1.29 is 14.3 Å². The number of rotatable bonds is 5. The first kappa shape index (κ1) is 19.9. The van der Waals surface area contributed by atoms with Gasteiger partial charge in [0.05, 0.1) is 18.2 Å². The fraction of sp³-hybridized carbons (Fsp3) is 0.421. The van der Waals surface area contributed by atoms with E-state index < -0.39 is 6.04 Å². The Labute approximate surface area is 159 Å². The highest BCUT2D eigenvalue weighted by Crippen LogP contribution is 2.31. The van der Waals surface area contributed by atoms with E-state index in [4.69, 9.17) is 17.0 Å². The van der Waals surface area contributed by atoms with E-state index in [9.17, 15) is 9.59 Å². The molecule has 0 unspecified atom stereocenters. The van der Waals surface area contributed by atoms with Crippen LogP contribution >= 0.6 is 12.2 Å². The Morgan fingerprint density at radius 2 is 1.92 bits per heavy atom. The molecular weight excluding hydrogens is 350 g/mol. The van der Waals surface area contributed by atoms with E-state index >= 15 is 0 Å². The van der Waals surface area contributed by atoms with Crippen LogP contribution in [0, 0.1) is 5.92 Å². The second-order valence-electron chi connectivity index (χ2n) is 6.43. The summed E-state index contributed by atoms with van der Waals surface area (Å²) >= 11 is 5.37. The number of benzene rings is 1. The summed E-state index contributed by atoms with van der Waals surface area (Å²) in [5.74, 6) is -0.503. The molecule has 0 saturated carbocycles. The maximum Gasteiger partial charge on any atom is 0.338 e. The van der Waals surface area contributed by atoms with Crippen LogP contribution in [0.25, 0.3) is 0 Å². The lowest BCUT2D eigenvalue weighted by Crippen LogP contribution is -2.46. The fourth-order valence-electron chi connectivity index (χ4n) is 2.60. The smallest absolute Gasteiger partial charge is 0.338 e. The Kier molecular flexibility index (Phi) is 6.37. The number of thiocarbonyl (C=S) groups is 1. The van der Waals surface area contributed by atoms with Crippen molar-refractivity contribution in [2.75, 3.05) is 19.0 Å². The number of amides is 1. The molecule has 1 aromatic carbocycles. The molecule has 1 atom stereocenters.